The molecule has 2 amide bonds. The maximum atomic E-state index is 12.1. The van der Waals surface area contributed by atoms with Crippen molar-refractivity contribution in [1.29, 1.82) is 0 Å². The van der Waals surface area contributed by atoms with Gasteiger partial charge in [-0.1, -0.05) is 24.3 Å². The second-order valence-electron chi connectivity index (χ2n) is 6.10. The number of hydrogen-bond acceptors (Lipinski definition) is 6. The molecule has 146 valence electrons. The van der Waals surface area contributed by atoms with Gasteiger partial charge < -0.3 is 20.3 Å². The quantitative estimate of drug-likeness (QED) is 0.408. The third kappa shape index (κ3) is 4.56. The number of carbonyl (C=O) groups excluding carboxylic acids is 2. The maximum Gasteiger partial charge on any atom is 0.292 e. The van der Waals surface area contributed by atoms with Crippen LogP contribution in [0.4, 0.5) is 17.1 Å². The number of anilines is 2. The fourth-order valence-corrected chi connectivity index (χ4v) is 2.88. The van der Waals surface area contributed by atoms with E-state index in [1.54, 1.807) is 35.2 Å². The smallest absolute Gasteiger partial charge is 0.292 e. The molecule has 3 rings (SSSR count). The van der Waals surface area contributed by atoms with Gasteiger partial charge in [-0.3, -0.25) is 19.7 Å². The first-order chi connectivity index (χ1) is 13.6. The molecule has 28 heavy (non-hydrogen) atoms. The average molecular weight is 384 g/mol. The van der Waals surface area contributed by atoms with E-state index in [1.807, 2.05) is 12.1 Å². The minimum atomic E-state index is -0.460. The molecule has 0 saturated heterocycles. The van der Waals surface area contributed by atoms with Crippen molar-refractivity contribution in [2.75, 3.05) is 36.5 Å². The molecule has 1 heterocycles. The molecule has 0 unspecified atom stereocenters. The zero-order valence-corrected chi connectivity index (χ0v) is 15.1. The Labute approximate surface area is 161 Å². The molecule has 0 radical (unpaired) electrons. The molecule has 0 saturated carbocycles. The van der Waals surface area contributed by atoms with Gasteiger partial charge in [0.1, 0.15) is 11.4 Å². The molecule has 2 N–H and O–H groups in total. The standard InChI is InChI=1S/C19H20N4O5/c24-18(21-11-10-20-14-5-1-2-6-15(14)23(26)27)9-12-22-16-7-3-4-8-17(16)28-13-19(22)25/h1-8,20H,9-13H2,(H,21,24). The van der Waals surface area contributed by atoms with E-state index in [9.17, 15) is 19.7 Å². The molecule has 0 aliphatic carbocycles. The van der Waals surface area contributed by atoms with Gasteiger partial charge in [-0.05, 0) is 18.2 Å². The van der Waals surface area contributed by atoms with Crippen molar-refractivity contribution < 1.29 is 19.2 Å². The highest BCUT2D eigenvalue weighted by atomic mass is 16.6. The van der Waals surface area contributed by atoms with E-state index in [-0.39, 0.29) is 37.1 Å². The summed E-state index contributed by atoms with van der Waals surface area (Å²) in [5.74, 6) is 0.224. The van der Waals surface area contributed by atoms with Crippen LogP contribution in [0.2, 0.25) is 0 Å². The number of nitrogens with zero attached hydrogens (tertiary/aromatic N) is 2. The Bertz CT molecular complexity index is 886. The molecule has 0 fully saturated rings. The highest BCUT2D eigenvalue weighted by molar-refractivity contribution is 5.98. The Kier molecular flexibility index (Phi) is 6.05. The molecule has 1 aliphatic heterocycles. The van der Waals surface area contributed by atoms with Crippen molar-refractivity contribution in [2.45, 2.75) is 6.42 Å². The van der Waals surface area contributed by atoms with Crippen molar-refractivity contribution in [2.24, 2.45) is 0 Å². The number of hydrogen-bond donors (Lipinski definition) is 2. The average Bonchev–Trinajstić information content (AvgIpc) is 2.70. The summed E-state index contributed by atoms with van der Waals surface area (Å²) in [5, 5.41) is 16.6. The number of rotatable bonds is 8. The van der Waals surface area contributed by atoms with Crippen LogP contribution in [0, 0.1) is 10.1 Å². The summed E-state index contributed by atoms with van der Waals surface area (Å²) < 4.78 is 5.37. The summed E-state index contributed by atoms with van der Waals surface area (Å²) in [5.41, 5.74) is 1.04. The number of nitrogens with one attached hydrogen (secondary N) is 2. The Hall–Kier alpha value is -3.62. The molecule has 0 aromatic heterocycles. The van der Waals surface area contributed by atoms with Crippen LogP contribution in [-0.2, 0) is 9.59 Å². The summed E-state index contributed by atoms with van der Waals surface area (Å²) in [6.07, 6.45) is 0.144. The highest BCUT2D eigenvalue weighted by Crippen LogP contribution is 2.31. The van der Waals surface area contributed by atoms with Crippen LogP contribution >= 0.6 is 0 Å². The normalized spacial score (nSPS) is 12.7. The van der Waals surface area contributed by atoms with E-state index in [0.717, 1.165) is 0 Å². The largest absolute Gasteiger partial charge is 0.482 e. The number of benzene rings is 2. The minimum absolute atomic E-state index is 0.0154. The van der Waals surface area contributed by atoms with Gasteiger partial charge in [0, 0.05) is 32.1 Å². The molecular formula is C19H20N4O5. The summed E-state index contributed by atoms with van der Waals surface area (Å²) in [4.78, 5) is 36.2. The second-order valence-corrected chi connectivity index (χ2v) is 6.10. The third-order valence-electron chi connectivity index (χ3n) is 4.23. The Morgan fingerprint density at radius 3 is 2.71 bits per heavy atom. The van der Waals surface area contributed by atoms with E-state index in [2.05, 4.69) is 10.6 Å². The Morgan fingerprint density at radius 2 is 1.89 bits per heavy atom. The predicted molar refractivity (Wildman–Crippen MR) is 104 cm³/mol. The van der Waals surface area contributed by atoms with Crippen molar-refractivity contribution in [3.63, 3.8) is 0 Å². The number of para-hydroxylation sites is 4. The zero-order chi connectivity index (χ0) is 19.9. The van der Waals surface area contributed by atoms with E-state index in [0.29, 0.717) is 30.2 Å². The predicted octanol–water partition coefficient (Wildman–Crippen LogP) is 1.94. The number of carbonyl (C=O) groups is 2. The van der Waals surface area contributed by atoms with Crippen molar-refractivity contribution in [3.05, 3.63) is 58.6 Å². The lowest BCUT2D eigenvalue weighted by molar-refractivity contribution is -0.384. The van der Waals surface area contributed by atoms with Crippen molar-refractivity contribution in [1.82, 2.24) is 5.32 Å². The van der Waals surface area contributed by atoms with Gasteiger partial charge in [-0.2, -0.15) is 0 Å². The first-order valence-corrected chi connectivity index (χ1v) is 8.82. The number of ether oxygens (including phenoxy) is 1. The lowest BCUT2D eigenvalue weighted by Crippen LogP contribution is -2.41. The van der Waals surface area contributed by atoms with Crippen molar-refractivity contribution in [3.8, 4) is 5.75 Å². The first kappa shape index (κ1) is 19.2. The van der Waals surface area contributed by atoms with Gasteiger partial charge in [-0.15, -0.1) is 0 Å². The van der Waals surface area contributed by atoms with E-state index >= 15 is 0 Å². The highest BCUT2D eigenvalue weighted by Gasteiger charge is 2.25. The van der Waals surface area contributed by atoms with Gasteiger partial charge in [0.15, 0.2) is 6.61 Å². The summed E-state index contributed by atoms with van der Waals surface area (Å²) in [6, 6.07) is 13.5. The summed E-state index contributed by atoms with van der Waals surface area (Å²) in [7, 11) is 0. The lowest BCUT2D eigenvalue weighted by Gasteiger charge is -2.29. The van der Waals surface area contributed by atoms with Crippen LogP contribution in [0.1, 0.15) is 6.42 Å². The maximum absolute atomic E-state index is 12.1. The molecule has 0 atom stereocenters. The van der Waals surface area contributed by atoms with Crippen LogP contribution in [0.25, 0.3) is 0 Å². The second kappa shape index (κ2) is 8.85. The van der Waals surface area contributed by atoms with Crippen LogP contribution < -0.4 is 20.3 Å². The fraction of sp³-hybridized carbons (Fsp3) is 0.263. The van der Waals surface area contributed by atoms with Gasteiger partial charge in [0.2, 0.25) is 5.91 Å². The molecular weight excluding hydrogens is 364 g/mol. The van der Waals surface area contributed by atoms with E-state index in [4.69, 9.17) is 4.74 Å². The molecule has 1 aliphatic rings. The number of nitro groups is 1. The Balaban J connectivity index is 1.45. The number of fused-ring (bicyclic) bond motifs is 1. The SMILES string of the molecule is O=C(CCN1C(=O)COc2ccccc21)NCCNc1ccccc1[N+](=O)[O-]. The minimum Gasteiger partial charge on any atom is -0.482 e. The van der Waals surface area contributed by atoms with Gasteiger partial charge in [0.05, 0.1) is 10.6 Å². The lowest BCUT2D eigenvalue weighted by atomic mass is 10.2. The van der Waals surface area contributed by atoms with Gasteiger partial charge in [-0.25, -0.2) is 0 Å². The summed E-state index contributed by atoms with van der Waals surface area (Å²) in [6.45, 7) is 0.857. The molecule has 2 aromatic carbocycles. The molecule has 0 spiro atoms. The van der Waals surface area contributed by atoms with Gasteiger partial charge >= 0.3 is 0 Å². The van der Waals surface area contributed by atoms with Gasteiger partial charge in [0.25, 0.3) is 11.6 Å². The fourth-order valence-electron chi connectivity index (χ4n) is 2.88. The zero-order valence-electron chi connectivity index (χ0n) is 15.1. The third-order valence-corrected chi connectivity index (χ3v) is 4.23. The van der Waals surface area contributed by atoms with E-state index < -0.39 is 4.92 Å². The Morgan fingerprint density at radius 1 is 1.14 bits per heavy atom. The molecule has 9 heteroatoms. The first-order valence-electron chi connectivity index (χ1n) is 8.82. The molecule has 9 nitrogen and oxygen atoms in total. The monoisotopic (exact) mass is 384 g/mol. The summed E-state index contributed by atoms with van der Waals surface area (Å²) >= 11 is 0. The van der Waals surface area contributed by atoms with E-state index in [1.165, 1.54) is 6.07 Å². The topological polar surface area (TPSA) is 114 Å². The van der Waals surface area contributed by atoms with Crippen LogP contribution in [0.5, 0.6) is 5.75 Å². The van der Waals surface area contributed by atoms with Crippen LogP contribution in [-0.4, -0.2) is 43.0 Å². The van der Waals surface area contributed by atoms with Crippen LogP contribution in [0.15, 0.2) is 48.5 Å². The number of amides is 2. The molecule has 2 aromatic rings. The van der Waals surface area contributed by atoms with Crippen molar-refractivity contribution >= 4 is 28.9 Å². The van der Waals surface area contributed by atoms with Crippen LogP contribution in [0.3, 0.4) is 0 Å². The number of nitro benzene ring substituents is 1. The molecule has 0 bridgehead atoms.